The molecule has 34 heavy (non-hydrogen) atoms. The van der Waals surface area contributed by atoms with Gasteiger partial charge in [0.2, 0.25) is 0 Å². The molecule has 3 rings (SSSR count). The molecule has 0 radical (unpaired) electrons. The molecule has 10 nitrogen and oxygen atoms in total. The van der Waals surface area contributed by atoms with Gasteiger partial charge in [0.15, 0.2) is 0 Å². The van der Waals surface area contributed by atoms with Crippen LogP contribution in [0, 0.1) is 6.92 Å². The third-order valence-corrected chi connectivity index (χ3v) is 6.07. The molecule has 1 aromatic carbocycles. The quantitative estimate of drug-likeness (QED) is 0.303. The Labute approximate surface area is 198 Å². The van der Waals surface area contributed by atoms with Gasteiger partial charge in [0.1, 0.15) is 11.9 Å². The van der Waals surface area contributed by atoms with Gasteiger partial charge in [0.25, 0.3) is 11.5 Å². The highest BCUT2D eigenvalue weighted by Gasteiger charge is 2.22. The molecule has 2 heterocycles. The van der Waals surface area contributed by atoms with Crippen molar-refractivity contribution in [2.75, 3.05) is 11.4 Å². The summed E-state index contributed by atoms with van der Waals surface area (Å²) in [4.78, 5) is 57.1. The molecule has 11 heteroatoms. The van der Waals surface area contributed by atoms with Crippen molar-refractivity contribution in [3.8, 4) is 0 Å². The molecule has 0 saturated heterocycles. The van der Waals surface area contributed by atoms with Gasteiger partial charge in [-0.2, -0.15) is 0 Å². The predicted octanol–water partition coefficient (Wildman–Crippen LogP) is 2.53. The Morgan fingerprint density at radius 2 is 2.03 bits per heavy atom. The SMILES string of the molecule is C=CCN(Cc1ccc(C(=O)N[C@@H](CCC(=O)O)C(=O)O)s1)c1ccc2nc(C)[nH]c(=O)c2c1. The van der Waals surface area contributed by atoms with Gasteiger partial charge in [-0.15, -0.1) is 17.9 Å². The molecule has 3 aromatic rings. The summed E-state index contributed by atoms with van der Waals surface area (Å²) in [7, 11) is 0. The molecule has 0 aliphatic heterocycles. The number of hydrogen-bond donors (Lipinski definition) is 4. The van der Waals surface area contributed by atoms with Crippen LogP contribution in [-0.4, -0.2) is 50.6 Å². The van der Waals surface area contributed by atoms with Gasteiger partial charge < -0.3 is 25.4 Å². The van der Waals surface area contributed by atoms with Crippen molar-refractivity contribution in [3.05, 3.63) is 68.9 Å². The number of anilines is 1. The maximum absolute atomic E-state index is 12.5. The third kappa shape index (κ3) is 6.07. The number of carboxylic acid groups (broad SMARTS) is 2. The molecule has 0 fully saturated rings. The van der Waals surface area contributed by atoms with E-state index < -0.39 is 23.9 Å². The van der Waals surface area contributed by atoms with Gasteiger partial charge in [-0.05, 0) is 43.7 Å². The van der Waals surface area contributed by atoms with Crippen LogP contribution in [0.15, 0.2) is 47.8 Å². The van der Waals surface area contributed by atoms with Crippen LogP contribution in [-0.2, 0) is 16.1 Å². The second kappa shape index (κ2) is 10.8. The summed E-state index contributed by atoms with van der Waals surface area (Å²) in [6, 6.07) is 7.46. The summed E-state index contributed by atoms with van der Waals surface area (Å²) in [5.41, 5.74) is 1.14. The number of aryl methyl sites for hydroxylation is 1. The summed E-state index contributed by atoms with van der Waals surface area (Å²) >= 11 is 1.20. The average molecular weight is 485 g/mol. The number of aliphatic carboxylic acids is 2. The van der Waals surface area contributed by atoms with Crippen LogP contribution in [0.2, 0.25) is 0 Å². The Morgan fingerprint density at radius 1 is 1.26 bits per heavy atom. The second-order valence-electron chi connectivity index (χ2n) is 7.58. The van der Waals surface area contributed by atoms with Crippen LogP contribution in [0.25, 0.3) is 10.9 Å². The summed E-state index contributed by atoms with van der Waals surface area (Å²) in [6.45, 7) is 6.42. The van der Waals surface area contributed by atoms with Gasteiger partial charge in [-0.3, -0.25) is 14.4 Å². The maximum Gasteiger partial charge on any atom is 0.326 e. The monoisotopic (exact) mass is 484 g/mol. The van der Waals surface area contributed by atoms with E-state index in [-0.39, 0.29) is 18.4 Å². The van der Waals surface area contributed by atoms with Gasteiger partial charge in [0, 0.05) is 23.5 Å². The number of nitrogens with zero attached hydrogens (tertiary/aromatic N) is 2. The van der Waals surface area contributed by atoms with Gasteiger partial charge in [-0.1, -0.05) is 6.08 Å². The number of H-pyrrole nitrogens is 1. The standard InChI is InChI=1S/C23H24N4O6S/c1-3-10-27(14-4-6-17-16(11-14)21(30)25-13(2)24-17)12-15-5-8-19(34-15)22(31)26-18(23(32)33)7-9-20(28)29/h3-6,8,11,18H,1,7,9-10,12H2,2H3,(H,26,31)(H,28,29)(H,32,33)(H,24,25,30)/t18-/m0/s1. The number of rotatable bonds is 11. The molecule has 1 amide bonds. The molecular weight excluding hydrogens is 460 g/mol. The zero-order valence-electron chi connectivity index (χ0n) is 18.4. The van der Waals surface area contributed by atoms with E-state index in [0.717, 1.165) is 10.6 Å². The van der Waals surface area contributed by atoms with Crippen LogP contribution in [0.5, 0.6) is 0 Å². The normalized spacial score (nSPS) is 11.7. The second-order valence-corrected chi connectivity index (χ2v) is 8.75. The number of thiophene rings is 1. The number of benzene rings is 1. The Hall–Kier alpha value is -3.99. The largest absolute Gasteiger partial charge is 0.481 e. The van der Waals surface area contributed by atoms with Crippen LogP contribution >= 0.6 is 11.3 Å². The van der Waals surface area contributed by atoms with Gasteiger partial charge >= 0.3 is 11.9 Å². The van der Waals surface area contributed by atoms with Gasteiger partial charge in [0.05, 0.1) is 22.3 Å². The van der Waals surface area contributed by atoms with E-state index >= 15 is 0 Å². The number of hydrogen-bond acceptors (Lipinski definition) is 7. The summed E-state index contributed by atoms with van der Waals surface area (Å²) in [5.74, 6) is -2.48. The Kier molecular flexibility index (Phi) is 7.79. The fourth-order valence-electron chi connectivity index (χ4n) is 3.39. The third-order valence-electron chi connectivity index (χ3n) is 5.00. The molecule has 4 N–H and O–H groups in total. The smallest absolute Gasteiger partial charge is 0.326 e. The number of carbonyl (C=O) groups excluding carboxylic acids is 1. The van der Waals surface area contributed by atoms with Crippen molar-refractivity contribution in [1.82, 2.24) is 15.3 Å². The number of amides is 1. The lowest BCUT2D eigenvalue weighted by Gasteiger charge is -2.23. The molecule has 0 aliphatic rings. The van der Waals surface area contributed by atoms with Crippen molar-refractivity contribution in [2.24, 2.45) is 0 Å². The molecule has 2 aromatic heterocycles. The van der Waals surface area contributed by atoms with Crippen LogP contribution in [0.1, 0.15) is 33.2 Å². The van der Waals surface area contributed by atoms with Crippen molar-refractivity contribution in [1.29, 1.82) is 0 Å². The van der Waals surface area contributed by atoms with Gasteiger partial charge in [-0.25, -0.2) is 9.78 Å². The molecule has 0 saturated carbocycles. The first-order chi connectivity index (χ1) is 16.2. The molecule has 0 spiro atoms. The molecule has 0 unspecified atom stereocenters. The lowest BCUT2D eigenvalue weighted by atomic mass is 10.1. The number of fused-ring (bicyclic) bond motifs is 1. The number of carbonyl (C=O) groups is 3. The fraction of sp³-hybridized carbons (Fsp3) is 0.261. The zero-order chi connectivity index (χ0) is 24.8. The minimum Gasteiger partial charge on any atom is -0.481 e. The number of carboxylic acids is 2. The first-order valence-corrected chi connectivity index (χ1v) is 11.2. The van der Waals surface area contributed by atoms with E-state index in [9.17, 15) is 24.3 Å². The zero-order valence-corrected chi connectivity index (χ0v) is 19.2. The summed E-state index contributed by atoms with van der Waals surface area (Å²) in [5, 5.41) is 20.9. The first-order valence-electron chi connectivity index (χ1n) is 10.4. The molecular formula is C23H24N4O6S. The van der Waals surface area contributed by atoms with Crippen molar-refractivity contribution >= 4 is 45.8 Å². The first kappa shape index (κ1) is 24.6. The Morgan fingerprint density at radius 3 is 2.71 bits per heavy atom. The van der Waals surface area contributed by atoms with E-state index in [2.05, 4.69) is 21.9 Å². The predicted molar refractivity (Wildman–Crippen MR) is 128 cm³/mol. The minimum absolute atomic E-state index is 0.211. The van der Waals surface area contributed by atoms with Crippen molar-refractivity contribution in [3.63, 3.8) is 0 Å². The molecule has 0 bridgehead atoms. The highest BCUT2D eigenvalue weighted by atomic mass is 32.1. The van der Waals surface area contributed by atoms with Crippen LogP contribution < -0.4 is 15.8 Å². The topological polar surface area (TPSA) is 153 Å². The highest BCUT2D eigenvalue weighted by Crippen LogP contribution is 2.24. The molecule has 0 aliphatic carbocycles. The maximum atomic E-state index is 12.5. The van der Waals surface area contributed by atoms with E-state index in [1.54, 1.807) is 37.3 Å². The van der Waals surface area contributed by atoms with Crippen molar-refractivity contribution in [2.45, 2.75) is 32.4 Å². The van der Waals surface area contributed by atoms with Crippen molar-refractivity contribution < 1.29 is 24.6 Å². The van der Waals surface area contributed by atoms with E-state index in [0.29, 0.717) is 34.7 Å². The van der Waals surface area contributed by atoms with E-state index in [4.69, 9.17) is 5.11 Å². The Bertz CT molecular complexity index is 1300. The van der Waals surface area contributed by atoms with E-state index in [1.807, 2.05) is 11.0 Å². The lowest BCUT2D eigenvalue weighted by Crippen LogP contribution is -2.40. The summed E-state index contributed by atoms with van der Waals surface area (Å²) in [6.07, 6.45) is 1.15. The van der Waals surface area contributed by atoms with Crippen LogP contribution in [0.3, 0.4) is 0 Å². The number of aromatic nitrogens is 2. The molecule has 178 valence electrons. The average Bonchev–Trinajstić information content (AvgIpc) is 3.24. The van der Waals surface area contributed by atoms with E-state index in [1.165, 1.54) is 11.3 Å². The number of nitrogens with one attached hydrogen (secondary N) is 2. The van der Waals surface area contributed by atoms with Crippen LogP contribution in [0.4, 0.5) is 5.69 Å². The summed E-state index contributed by atoms with van der Waals surface area (Å²) < 4.78 is 0. The molecule has 1 atom stereocenters. The number of aromatic amines is 1. The fourth-order valence-corrected chi connectivity index (χ4v) is 4.31. The lowest BCUT2D eigenvalue weighted by molar-refractivity contribution is -0.140. The Balaban J connectivity index is 1.77. The highest BCUT2D eigenvalue weighted by molar-refractivity contribution is 7.14. The minimum atomic E-state index is -1.29.